The minimum absolute atomic E-state index is 0.306. The van der Waals surface area contributed by atoms with E-state index in [1.54, 1.807) is 0 Å². The molecule has 0 rings (SSSR count). The zero-order valence-electron chi connectivity index (χ0n) is 4.23. The maximum Gasteiger partial charge on any atom is 0.0284 e. The molecule has 0 aromatic heterocycles. The lowest BCUT2D eigenvalue weighted by molar-refractivity contribution is 0.655. The van der Waals surface area contributed by atoms with Crippen LogP contribution in [0.1, 0.15) is 13.8 Å². The van der Waals surface area contributed by atoms with Gasteiger partial charge in [0.2, 0.25) is 0 Å². The van der Waals surface area contributed by atoms with Crippen LogP contribution in [-0.4, -0.2) is 5.54 Å². The first-order chi connectivity index (χ1) is 2.56. The van der Waals surface area contributed by atoms with E-state index in [-0.39, 0.29) is 5.54 Å². The summed E-state index contributed by atoms with van der Waals surface area (Å²) in [5.74, 6) is 0. The SMILES string of the molecule is [CH]=CC(C)(C)N. The Kier molecular flexibility index (Phi) is 1.36. The van der Waals surface area contributed by atoms with Gasteiger partial charge in [-0.25, -0.2) is 0 Å². The van der Waals surface area contributed by atoms with E-state index in [4.69, 9.17) is 12.3 Å². The summed E-state index contributed by atoms with van der Waals surface area (Å²) in [7, 11) is 0. The number of nitrogens with two attached hydrogens (primary N) is 1. The van der Waals surface area contributed by atoms with Crippen LogP contribution in [0.5, 0.6) is 0 Å². The van der Waals surface area contributed by atoms with Crippen molar-refractivity contribution in [3.05, 3.63) is 12.7 Å². The molecule has 0 saturated carbocycles. The van der Waals surface area contributed by atoms with Gasteiger partial charge in [0.1, 0.15) is 0 Å². The Balaban J connectivity index is 3.45. The lowest BCUT2D eigenvalue weighted by Gasteiger charge is -2.08. The largest absolute Gasteiger partial charge is 0.322 e. The van der Waals surface area contributed by atoms with Crippen LogP contribution in [0, 0.1) is 6.58 Å². The summed E-state index contributed by atoms with van der Waals surface area (Å²) in [6, 6.07) is 0. The zero-order valence-corrected chi connectivity index (χ0v) is 4.23. The zero-order chi connectivity index (χ0) is 5.21. The van der Waals surface area contributed by atoms with Gasteiger partial charge in [-0.05, 0) is 13.8 Å². The molecular formula is C5H10N. The molecule has 0 aromatic rings. The lowest BCUT2D eigenvalue weighted by Crippen LogP contribution is -2.28. The fraction of sp³-hybridized carbons (Fsp3) is 0.600. The van der Waals surface area contributed by atoms with E-state index in [0.717, 1.165) is 0 Å². The molecule has 0 aromatic carbocycles. The molecule has 0 saturated heterocycles. The minimum Gasteiger partial charge on any atom is -0.322 e. The number of hydrogen-bond donors (Lipinski definition) is 1. The van der Waals surface area contributed by atoms with Gasteiger partial charge >= 0.3 is 0 Å². The van der Waals surface area contributed by atoms with Gasteiger partial charge in [-0.1, -0.05) is 12.7 Å². The molecule has 0 amide bonds. The van der Waals surface area contributed by atoms with E-state index in [1.165, 1.54) is 6.08 Å². The molecule has 0 aliphatic rings. The van der Waals surface area contributed by atoms with Gasteiger partial charge in [0.05, 0.1) is 0 Å². The molecule has 0 aliphatic carbocycles. The maximum absolute atomic E-state index is 5.35. The van der Waals surface area contributed by atoms with E-state index in [9.17, 15) is 0 Å². The summed E-state index contributed by atoms with van der Waals surface area (Å²) in [5, 5.41) is 0. The molecule has 1 heteroatoms. The summed E-state index contributed by atoms with van der Waals surface area (Å²) in [4.78, 5) is 0. The molecule has 2 N–H and O–H groups in total. The van der Waals surface area contributed by atoms with Crippen molar-refractivity contribution in [1.29, 1.82) is 0 Å². The van der Waals surface area contributed by atoms with Gasteiger partial charge in [-0.3, -0.25) is 0 Å². The van der Waals surface area contributed by atoms with E-state index < -0.39 is 0 Å². The van der Waals surface area contributed by atoms with Crippen molar-refractivity contribution >= 4 is 0 Å². The topological polar surface area (TPSA) is 26.0 Å². The Bertz CT molecular complexity index is 49.4. The highest BCUT2D eigenvalue weighted by atomic mass is 14.7. The predicted molar refractivity (Wildman–Crippen MR) is 27.1 cm³/mol. The summed E-state index contributed by atoms with van der Waals surface area (Å²) >= 11 is 0. The molecule has 0 bridgehead atoms. The average Bonchev–Trinajstić information content (AvgIpc) is 1.35. The third kappa shape index (κ3) is 3.70. The highest BCUT2D eigenvalue weighted by molar-refractivity contribution is 4.89. The lowest BCUT2D eigenvalue weighted by atomic mass is 10.1. The molecular weight excluding hydrogens is 74.1 g/mol. The van der Waals surface area contributed by atoms with Gasteiger partial charge in [0.25, 0.3) is 0 Å². The Morgan fingerprint density at radius 1 is 1.67 bits per heavy atom. The second kappa shape index (κ2) is 1.43. The van der Waals surface area contributed by atoms with Crippen LogP contribution in [-0.2, 0) is 0 Å². The molecule has 0 aliphatic heterocycles. The fourth-order valence-electron chi connectivity index (χ4n) is 0. The molecule has 35 valence electrons. The molecule has 0 atom stereocenters. The Morgan fingerprint density at radius 3 is 1.83 bits per heavy atom. The first-order valence-electron chi connectivity index (χ1n) is 1.91. The molecule has 6 heavy (non-hydrogen) atoms. The van der Waals surface area contributed by atoms with E-state index >= 15 is 0 Å². The third-order valence-corrected chi connectivity index (χ3v) is 0.430. The Hall–Kier alpha value is -0.300. The second-order valence-corrected chi connectivity index (χ2v) is 1.99. The van der Waals surface area contributed by atoms with Crippen molar-refractivity contribution in [3.8, 4) is 0 Å². The standard InChI is InChI=1S/C5H10N/c1-4-5(2,3)6/h1,4H,6H2,2-3H3. The van der Waals surface area contributed by atoms with Crippen LogP contribution in [0.25, 0.3) is 0 Å². The van der Waals surface area contributed by atoms with Gasteiger partial charge in [0, 0.05) is 5.54 Å². The minimum atomic E-state index is -0.306. The maximum atomic E-state index is 5.35. The van der Waals surface area contributed by atoms with Crippen molar-refractivity contribution in [2.24, 2.45) is 5.73 Å². The van der Waals surface area contributed by atoms with Gasteiger partial charge < -0.3 is 5.73 Å². The van der Waals surface area contributed by atoms with Crippen molar-refractivity contribution in [3.63, 3.8) is 0 Å². The van der Waals surface area contributed by atoms with Gasteiger partial charge in [0.15, 0.2) is 0 Å². The van der Waals surface area contributed by atoms with E-state index in [2.05, 4.69) is 0 Å². The van der Waals surface area contributed by atoms with Crippen LogP contribution < -0.4 is 5.73 Å². The van der Waals surface area contributed by atoms with Crippen LogP contribution in [0.4, 0.5) is 0 Å². The van der Waals surface area contributed by atoms with Gasteiger partial charge in [-0.15, -0.1) is 0 Å². The highest BCUT2D eigenvalue weighted by Gasteiger charge is 1.99. The monoisotopic (exact) mass is 84.1 g/mol. The van der Waals surface area contributed by atoms with Crippen LogP contribution in [0.2, 0.25) is 0 Å². The van der Waals surface area contributed by atoms with Crippen molar-refractivity contribution in [2.75, 3.05) is 0 Å². The first kappa shape index (κ1) is 5.70. The van der Waals surface area contributed by atoms with Crippen molar-refractivity contribution < 1.29 is 0 Å². The second-order valence-electron chi connectivity index (χ2n) is 1.99. The summed E-state index contributed by atoms with van der Waals surface area (Å²) in [6.07, 6.45) is 1.47. The average molecular weight is 84.1 g/mol. The quantitative estimate of drug-likeness (QED) is 0.497. The molecule has 0 heterocycles. The smallest absolute Gasteiger partial charge is 0.0284 e. The van der Waals surface area contributed by atoms with E-state index in [0.29, 0.717) is 0 Å². The molecule has 1 nitrogen and oxygen atoms in total. The van der Waals surface area contributed by atoms with Crippen molar-refractivity contribution in [2.45, 2.75) is 19.4 Å². The third-order valence-electron chi connectivity index (χ3n) is 0.430. The van der Waals surface area contributed by atoms with Gasteiger partial charge in [-0.2, -0.15) is 0 Å². The molecule has 0 fully saturated rings. The number of rotatable bonds is 1. The van der Waals surface area contributed by atoms with Crippen LogP contribution >= 0.6 is 0 Å². The Morgan fingerprint density at radius 2 is 1.83 bits per heavy atom. The van der Waals surface area contributed by atoms with Crippen LogP contribution in [0.15, 0.2) is 6.08 Å². The summed E-state index contributed by atoms with van der Waals surface area (Å²) in [6.45, 7) is 8.74. The number of hydrogen-bond acceptors (Lipinski definition) is 1. The predicted octanol–water partition coefficient (Wildman–Crippen LogP) is 0.713. The molecule has 0 spiro atoms. The van der Waals surface area contributed by atoms with Crippen molar-refractivity contribution in [1.82, 2.24) is 0 Å². The normalized spacial score (nSPS) is 11.2. The molecule has 1 radical (unpaired) electrons. The highest BCUT2D eigenvalue weighted by Crippen LogP contribution is 1.93. The summed E-state index contributed by atoms with van der Waals surface area (Å²) in [5.41, 5.74) is 5.05. The van der Waals surface area contributed by atoms with Crippen LogP contribution in [0.3, 0.4) is 0 Å². The molecule has 0 unspecified atom stereocenters. The first-order valence-corrected chi connectivity index (χ1v) is 1.91. The summed E-state index contributed by atoms with van der Waals surface area (Å²) < 4.78 is 0. The Labute approximate surface area is 38.8 Å². The van der Waals surface area contributed by atoms with E-state index in [1.807, 2.05) is 13.8 Å². The fourth-order valence-corrected chi connectivity index (χ4v) is 0.